The number of ether oxygens (including phenoxy) is 4. The van der Waals surface area contributed by atoms with Gasteiger partial charge >= 0.3 is 11.9 Å². The molecular formula is C27H28O6. The Kier molecular flexibility index (Phi) is 8.22. The highest BCUT2D eigenvalue weighted by molar-refractivity contribution is 6.21. The number of methoxy groups -OCH3 is 2. The molecule has 0 saturated carbocycles. The first-order valence-corrected chi connectivity index (χ1v) is 10.7. The SMILES string of the molecule is CCC=C(C(=O)OCOC)c1cc(OC)c(OC(C)=O)c2c(Cc3ccccc3)cccc12. The van der Waals surface area contributed by atoms with Crippen LogP contribution in [-0.4, -0.2) is 33.0 Å². The molecule has 0 N–H and O–H groups in total. The molecule has 0 bridgehead atoms. The van der Waals surface area contributed by atoms with Gasteiger partial charge in [0.05, 0.1) is 12.7 Å². The Morgan fingerprint density at radius 3 is 2.39 bits per heavy atom. The van der Waals surface area contributed by atoms with Crippen LogP contribution in [0.15, 0.2) is 60.7 Å². The van der Waals surface area contributed by atoms with Crippen molar-refractivity contribution in [3.63, 3.8) is 0 Å². The van der Waals surface area contributed by atoms with Gasteiger partial charge in [0.25, 0.3) is 0 Å². The normalized spacial score (nSPS) is 11.3. The van der Waals surface area contributed by atoms with Gasteiger partial charge in [-0.25, -0.2) is 4.79 Å². The van der Waals surface area contributed by atoms with Crippen LogP contribution in [0.4, 0.5) is 0 Å². The molecule has 6 nitrogen and oxygen atoms in total. The first kappa shape index (κ1) is 24.0. The lowest BCUT2D eigenvalue weighted by Crippen LogP contribution is -2.11. The van der Waals surface area contributed by atoms with Crippen molar-refractivity contribution >= 4 is 28.3 Å². The highest BCUT2D eigenvalue weighted by atomic mass is 16.7. The fraction of sp³-hybridized carbons (Fsp3) is 0.259. The predicted molar refractivity (Wildman–Crippen MR) is 127 cm³/mol. The van der Waals surface area contributed by atoms with Crippen molar-refractivity contribution in [2.24, 2.45) is 0 Å². The van der Waals surface area contributed by atoms with E-state index in [9.17, 15) is 9.59 Å². The molecule has 0 aromatic heterocycles. The Bertz CT molecular complexity index is 1160. The Morgan fingerprint density at radius 2 is 1.76 bits per heavy atom. The van der Waals surface area contributed by atoms with Crippen LogP contribution in [0.1, 0.15) is 37.0 Å². The number of rotatable bonds is 9. The summed E-state index contributed by atoms with van der Waals surface area (Å²) in [4.78, 5) is 24.8. The fourth-order valence-electron chi connectivity index (χ4n) is 3.77. The lowest BCUT2D eigenvalue weighted by molar-refractivity contribution is -0.146. The molecule has 0 fully saturated rings. The largest absolute Gasteiger partial charge is 0.493 e. The molecular weight excluding hydrogens is 420 g/mol. The van der Waals surface area contributed by atoms with Crippen LogP contribution in [-0.2, 0) is 25.5 Å². The minimum atomic E-state index is -0.504. The molecule has 0 atom stereocenters. The topological polar surface area (TPSA) is 71.1 Å². The molecule has 3 aromatic carbocycles. The second kappa shape index (κ2) is 11.3. The number of esters is 2. The van der Waals surface area contributed by atoms with Crippen molar-refractivity contribution in [3.05, 3.63) is 77.4 Å². The van der Waals surface area contributed by atoms with Gasteiger partial charge in [-0.2, -0.15) is 0 Å². The molecule has 3 aromatic rings. The molecule has 0 spiro atoms. The van der Waals surface area contributed by atoms with Gasteiger partial charge in [0, 0.05) is 25.0 Å². The maximum atomic E-state index is 12.9. The van der Waals surface area contributed by atoms with Crippen LogP contribution in [0.2, 0.25) is 0 Å². The van der Waals surface area contributed by atoms with Crippen LogP contribution in [0.3, 0.4) is 0 Å². The van der Waals surface area contributed by atoms with E-state index in [1.807, 2.05) is 61.5 Å². The Labute approximate surface area is 193 Å². The monoisotopic (exact) mass is 448 g/mol. The summed E-state index contributed by atoms with van der Waals surface area (Å²) in [5.41, 5.74) is 3.07. The van der Waals surface area contributed by atoms with Crippen molar-refractivity contribution in [2.45, 2.75) is 26.7 Å². The molecule has 172 valence electrons. The van der Waals surface area contributed by atoms with Crippen molar-refractivity contribution in [3.8, 4) is 11.5 Å². The molecule has 33 heavy (non-hydrogen) atoms. The lowest BCUT2D eigenvalue weighted by atomic mass is 9.91. The van der Waals surface area contributed by atoms with E-state index in [4.69, 9.17) is 18.9 Å². The number of hydrogen-bond acceptors (Lipinski definition) is 6. The van der Waals surface area contributed by atoms with Crippen LogP contribution in [0, 0.1) is 0 Å². The summed E-state index contributed by atoms with van der Waals surface area (Å²) in [6, 6.07) is 17.5. The van der Waals surface area contributed by atoms with Gasteiger partial charge in [-0.15, -0.1) is 0 Å². The Balaban J connectivity index is 2.31. The molecule has 0 aliphatic carbocycles. The van der Waals surface area contributed by atoms with E-state index in [2.05, 4.69) is 0 Å². The first-order valence-electron chi connectivity index (χ1n) is 10.7. The van der Waals surface area contributed by atoms with E-state index in [1.165, 1.54) is 21.1 Å². The zero-order valence-electron chi connectivity index (χ0n) is 19.3. The number of hydrogen-bond donors (Lipinski definition) is 0. The third-order valence-corrected chi connectivity index (χ3v) is 5.10. The van der Waals surface area contributed by atoms with E-state index in [0.717, 1.165) is 16.5 Å². The summed E-state index contributed by atoms with van der Waals surface area (Å²) in [6.07, 6.45) is 3.04. The van der Waals surface area contributed by atoms with Crippen molar-refractivity contribution in [1.82, 2.24) is 0 Å². The molecule has 0 aliphatic rings. The van der Waals surface area contributed by atoms with Crippen LogP contribution >= 0.6 is 0 Å². The zero-order chi connectivity index (χ0) is 23.8. The van der Waals surface area contributed by atoms with Crippen molar-refractivity contribution in [1.29, 1.82) is 0 Å². The second-order valence-electron chi connectivity index (χ2n) is 7.42. The standard InChI is InChI=1S/C27H28O6/c1-5-10-22(27(29)32-17-30-3)23-16-24(31-4)26(33-18(2)28)25-20(13-9-14-21(23)25)15-19-11-7-6-8-12-19/h6-14,16H,5,15,17H2,1-4H3. The van der Waals surface area contributed by atoms with Gasteiger partial charge in [-0.05, 0) is 35.4 Å². The predicted octanol–water partition coefficient (Wildman–Crippen LogP) is 5.31. The van der Waals surface area contributed by atoms with Gasteiger partial charge < -0.3 is 18.9 Å². The molecule has 6 heteroatoms. The second-order valence-corrected chi connectivity index (χ2v) is 7.42. The molecule has 0 amide bonds. The summed E-state index contributed by atoms with van der Waals surface area (Å²) in [7, 11) is 2.96. The maximum Gasteiger partial charge on any atom is 0.340 e. The van der Waals surface area contributed by atoms with Crippen molar-refractivity contribution < 1.29 is 28.5 Å². The van der Waals surface area contributed by atoms with Gasteiger partial charge in [-0.1, -0.05) is 61.5 Å². The molecule has 3 rings (SSSR count). The fourth-order valence-corrected chi connectivity index (χ4v) is 3.77. The number of fused-ring (bicyclic) bond motifs is 1. The maximum absolute atomic E-state index is 12.9. The Morgan fingerprint density at radius 1 is 1.00 bits per heavy atom. The molecule has 0 aliphatic heterocycles. The minimum absolute atomic E-state index is 0.153. The quantitative estimate of drug-likeness (QED) is 0.191. The van der Waals surface area contributed by atoms with E-state index >= 15 is 0 Å². The molecule has 0 heterocycles. The third kappa shape index (κ3) is 5.59. The highest BCUT2D eigenvalue weighted by Crippen LogP contribution is 2.43. The summed E-state index contributed by atoms with van der Waals surface area (Å²) in [5.74, 6) is -0.275. The van der Waals surface area contributed by atoms with E-state index < -0.39 is 11.9 Å². The van der Waals surface area contributed by atoms with E-state index in [0.29, 0.717) is 40.9 Å². The molecule has 0 radical (unpaired) electrons. The third-order valence-electron chi connectivity index (χ3n) is 5.10. The van der Waals surface area contributed by atoms with Gasteiger partial charge in [0.15, 0.2) is 18.3 Å². The number of benzene rings is 3. The van der Waals surface area contributed by atoms with Gasteiger partial charge in [-0.3, -0.25) is 4.79 Å². The minimum Gasteiger partial charge on any atom is -0.493 e. The summed E-state index contributed by atoms with van der Waals surface area (Å²) in [6.45, 7) is 3.14. The Hall–Kier alpha value is -3.64. The number of allylic oxidation sites excluding steroid dienone is 1. The number of carbonyl (C=O) groups excluding carboxylic acids is 2. The lowest BCUT2D eigenvalue weighted by Gasteiger charge is -2.19. The van der Waals surface area contributed by atoms with E-state index in [-0.39, 0.29) is 6.79 Å². The summed E-state index contributed by atoms with van der Waals surface area (Å²) >= 11 is 0. The van der Waals surface area contributed by atoms with E-state index in [1.54, 1.807) is 6.07 Å². The molecule has 0 unspecified atom stereocenters. The van der Waals surface area contributed by atoms with Crippen LogP contribution in [0.5, 0.6) is 11.5 Å². The highest BCUT2D eigenvalue weighted by Gasteiger charge is 2.23. The van der Waals surface area contributed by atoms with Gasteiger partial charge in [0.2, 0.25) is 0 Å². The molecule has 0 saturated heterocycles. The first-order chi connectivity index (χ1) is 16.0. The summed E-state index contributed by atoms with van der Waals surface area (Å²) < 4.78 is 21.4. The summed E-state index contributed by atoms with van der Waals surface area (Å²) in [5, 5.41) is 1.47. The smallest absolute Gasteiger partial charge is 0.340 e. The van der Waals surface area contributed by atoms with Crippen molar-refractivity contribution in [2.75, 3.05) is 21.0 Å². The zero-order valence-corrected chi connectivity index (χ0v) is 19.3. The average Bonchev–Trinajstić information content (AvgIpc) is 2.82. The average molecular weight is 449 g/mol. The van der Waals surface area contributed by atoms with Crippen LogP contribution < -0.4 is 9.47 Å². The number of carbonyl (C=O) groups is 2. The van der Waals surface area contributed by atoms with Gasteiger partial charge in [0.1, 0.15) is 0 Å². The van der Waals surface area contributed by atoms with Crippen LogP contribution in [0.25, 0.3) is 16.3 Å².